The molecule has 0 saturated carbocycles. The summed E-state index contributed by atoms with van der Waals surface area (Å²) < 4.78 is 38.3. The molecule has 1 atom stereocenters. The Balaban J connectivity index is 2.10. The summed E-state index contributed by atoms with van der Waals surface area (Å²) in [5, 5.41) is 0.204. The fourth-order valence-corrected chi connectivity index (χ4v) is 4.75. The van der Waals surface area contributed by atoms with Gasteiger partial charge in [-0.15, -0.1) is 11.8 Å². The number of alkyl halides is 3. The first-order chi connectivity index (χ1) is 9.95. The van der Waals surface area contributed by atoms with Gasteiger partial charge in [-0.2, -0.15) is 24.9 Å². The van der Waals surface area contributed by atoms with E-state index in [0.717, 1.165) is 29.4 Å². The molecule has 1 aliphatic rings. The highest BCUT2D eigenvalue weighted by Gasteiger charge is 2.31. The van der Waals surface area contributed by atoms with Crippen LogP contribution in [0.3, 0.4) is 0 Å². The van der Waals surface area contributed by atoms with Crippen molar-refractivity contribution in [3.63, 3.8) is 0 Å². The number of aromatic nitrogens is 2. The van der Waals surface area contributed by atoms with Gasteiger partial charge in [0, 0.05) is 17.3 Å². The highest BCUT2D eigenvalue weighted by Crippen LogP contribution is 2.35. The van der Waals surface area contributed by atoms with E-state index in [0.29, 0.717) is 5.82 Å². The molecule has 2 heterocycles. The van der Waals surface area contributed by atoms with E-state index >= 15 is 0 Å². The standard InChI is InChI=1S/C13H11F3N2OS2/c14-13(15,16)7-1-2-8-9(5-7)17-11(18-12(8)19)10-6-20-3-4-21-10/h1-2,5,10H,3-4,6H2,(H,17,18,19)/t10-/m0/s1. The van der Waals surface area contributed by atoms with Crippen molar-refractivity contribution in [3.8, 4) is 0 Å². The molecule has 3 rings (SSSR count). The molecule has 8 heteroatoms. The summed E-state index contributed by atoms with van der Waals surface area (Å²) in [5.74, 6) is 3.25. The molecule has 112 valence electrons. The van der Waals surface area contributed by atoms with Crippen molar-refractivity contribution in [3.05, 3.63) is 39.9 Å². The largest absolute Gasteiger partial charge is 0.416 e. The SMILES string of the molecule is O=c1[nH]c([C@@H]2CSCCS2)nc2cc(C(F)(F)F)ccc12. The minimum Gasteiger partial charge on any atom is -0.309 e. The minimum atomic E-state index is -4.44. The molecule has 1 saturated heterocycles. The Morgan fingerprint density at radius 3 is 2.76 bits per heavy atom. The van der Waals surface area contributed by atoms with E-state index in [2.05, 4.69) is 9.97 Å². The van der Waals surface area contributed by atoms with Crippen molar-refractivity contribution < 1.29 is 13.2 Å². The van der Waals surface area contributed by atoms with Crippen molar-refractivity contribution in [2.75, 3.05) is 17.3 Å². The molecule has 1 aromatic carbocycles. The van der Waals surface area contributed by atoms with Crippen LogP contribution in [0.25, 0.3) is 10.9 Å². The molecule has 0 unspecified atom stereocenters. The molecule has 0 aliphatic carbocycles. The maximum Gasteiger partial charge on any atom is 0.416 e. The second kappa shape index (κ2) is 5.57. The molecule has 2 aromatic rings. The Labute approximate surface area is 126 Å². The van der Waals surface area contributed by atoms with E-state index < -0.39 is 11.7 Å². The summed E-state index contributed by atoms with van der Waals surface area (Å²) in [5.41, 5.74) is -1.08. The quantitative estimate of drug-likeness (QED) is 0.869. The smallest absolute Gasteiger partial charge is 0.309 e. The molecule has 1 N–H and O–H groups in total. The third-order valence-electron chi connectivity index (χ3n) is 3.17. The zero-order valence-corrected chi connectivity index (χ0v) is 12.4. The highest BCUT2D eigenvalue weighted by atomic mass is 32.2. The van der Waals surface area contributed by atoms with Gasteiger partial charge in [-0.1, -0.05) is 0 Å². The van der Waals surface area contributed by atoms with Gasteiger partial charge in [0.25, 0.3) is 5.56 Å². The van der Waals surface area contributed by atoms with Gasteiger partial charge in [0.05, 0.1) is 21.7 Å². The normalized spacial score (nSPS) is 19.9. The van der Waals surface area contributed by atoms with E-state index in [9.17, 15) is 18.0 Å². The fourth-order valence-electron chi connectivity index (χ4n) is 2.13. The molecule has 0 radical (unpaired) electrons. The summed E-state index contributed by atoms with van der Waals surface area (Å²) in [6.07, 6.45) is -4.44. The number of aromatic amines is 1. The predicted octanol–water partition coefficient (Wildman–Crippen LogP) is 3.46. The number of benzene rings is 1. The lowest BCUT2D eigenvalue weighted by atomic mass is 10.1. The van der Waals surface area contributed by atoms with Crippen LogP contribution in [0.5, 0.6) is 0 Å². The third kappa shape index (κ3) is 3.06. The Hall–Kier alpha value is -1.15. The van der Waals surface area contributed by atoms with Crippen LogP contribution >= 0.6 is 23.5 Å². The maximum absolute atomic E-state index is 12.8. The minimum absolute atomic E-state index is 0.0235. The van der Waals surface area contributed by atoms with Crippen molar-refractivity contribution in [2.24, 2.45) is 0 Å². The first-order valence-electron chi connectivity index (χ1n) is 6.25. The number of nitrogens with zero attached hydrogens (tertiary/aromatic N) is 1. The molecule has 3 nitrogen and oxygen atoms in total. The summed E-state index contributed by atoms with van der Waals surface area (Å²) in [6.45, 7) is 0. The molecular formula is C13H11F3N2OS2. The van der Waals surface area contributed by atoms with Crippen molar-refractivity contribution >= 4 is 34.4 Å². The molecule has 21 heavy (non-hydrogen) atoms. The number of hydrogen-bond acceptors (Lipinski definition) is 4. The monoisotopic (exact) mass is 332 g/mol. The number of hydrogen-bond donors (Lipinski definition) is 1. The lowest BCUT2D eigenvalue weighted by Crippen LogP contribution is -2.17. The second-order valence-electron chi connectivity index (χ2n) is 4.62. The molecule has 0 spiro atoms. The van der Waals surface area contributed by atoms with E-state index in [4.69, 9.17) is 0 Å². The summed E-state index contributed by atoms with van der Waals surface area (Å²) in [4.78, 5) is 19.0. The molecule has 1 aromatic heterocycles. The van der Waals surface area contributed by atoms with E-state index in [1.807, 2.05) is 0 Å². The van der Waals surface area contributed by atoms with Crippen molar-refractivity contribution in [1.29, 1.82) is 0 Å². The number of H-pyrrole nitrogens is 1. The zero-order chi connectivity index (χ0) is 15.0. The Kier molecular flexibility index (Phi) is 3.92. The van der Waals surface area contributed by atoms with Crippen LogP contribution in [0.15, 0.2) is 23.0 Å². The lowest BCUT2D eigenvalue weighted by Gasteiger charge is -2.20. The van der Waals surface area contributed by atoms with Crippen LogP contribution in [0, 0.1) is 0 Å². The number of halogens is 3. The summed E-state index contributed by atoms with van der Waals surface area (Å²) in [6, 6.07) is 3.02. The average molecular weight is 332 g/mol. The van der Waals surface area contributed by atoms with Crippen molar-refractivity contribution in [2.45, 2.75) is 11.4 Å². The predicted molar refractivity (Wildman–Crippen MR) is 79.9 cm³/mol. The summed E-state index contributed by atoms with van der Waals surface area (Å²) in [7, 11) is 0. The molecular weight excluding hydrogens is 321 g/mol. The van der Waals surface area contributed by atoms with Crippen LogP contribution < -0.4 is 5.56 Å². The second-order valence-corrected chi connectivity index (χ2v) is 7.08. The average Bonchev–Trinajstić information content (AvgIpc) is 2.46. The summed E-state index contributed by atoms with van der Waals surface area (Å²) >= 11 is 3.42. The molecule has 1 fully saturated rings. The van der Waals surface area contributed by atoms with Gasteiger partial charge in [0.1, 0.15) is 5.82 Å². The molecule has 0 bridgehead atoms. The Morgan fingerprint density at radius 1 is 1.29 bits per heavy atom. The number of fused-ring (bicyclic) bond motifs is 1. The van der Waals surface area contributed by atoms with Crippen LogP contribution in [0.2, 0.25) is 0 Å². The fraction of sp³-hybridized carbons (Fsp3) is 0.385. The number of thioether (sulfide) groups is 2. The van der Waals surface area contributed by atoms with Crippen molar-refractivity contribution in [1.82, 2.24) is 9.97 Å². The Bertz CT molecular complexity index is 723. The van der Waals surface area contributed by atoms with Gasteiger partial charge in [0.2, 0.25) is 0 Å². The van der Waals surface area contributed by atoms with Gasteiger partial charge in [-0.25, -0.2) is 4.98 Å². The van der Waals surface area contributed by atoms with Gasteiger partial charge in [-0.3, -0.25) is 4.79 Å². The van der Waals surface area contributed by atoms with E-state index in [1.54, 1.807) is 23.5 Å². The van der Waals surface area contributed by atoms with Crippen LogP contribution in [0.4, 0.5) is 13.2 Å². The highest BCUT2D eigenvalue weighted by molar-refractivity contribution is 8.06. The lowest BCUT2D eigenvalue weighted by molar-refractivity contribution is -0.137. The first-order valence-corrected chi connectivity index (χ1v) is 8.46. The van der Waals surface area contributed by atoms with Crippen LogP contribution in [-0.2, 0) is 6.18 Å². The first kappa shape index (κ1) is 14.8. The molecule has 1 aliphatic heterocycles. The third-order valence-corrected chi connectivity index (χ3v) is 5.94. The van der Waals surface area contributed by atoms with Gasteiger partial charge in [0.15, 0.2) is 0 Å². The molecule has 0 amide bonds. The van der Waals surface area contributed by atoms with Gasteiger partial charge in [-0.05, 0) is 18.2 Å². The number of rotatable bonds is 1. The topological polar surface area (TPSA) is 45.8 Å². The van der Waals surface area contributed by atoms with Gasteiger partial charge < -0.3 is 4.98 Å². The van der Waals surface area contributed by atoms with Crippen LogP contribution in [0.1, 0.15) is 16.6 Å². The Morgan fingerprint density at radius 2 is 2.10 bits per heavy atom. The van der Waals surface area contributed by atoms with E-state index in [1.165, 1.54) is 6.07 Å². The zero-order valence-electron chi connectivity index (χ0n) is 10.7. The van der Waals surface area contributed by atoms with Crippen LogP contribution in [-0.4, -0.2) is 27.2 Å². The van der Waals surface area contributed by atoms with E-state index in [-0.39, 0.29) is 21.7 Å². The number of nitrogens with one attached hydrogen (secondary N) is 1. The maximum atomic E-state index is 12.8. The van der Waals surface area contributed by atoms with Gasteiger partial charge >= 0.3 is 6.18 Å².